The Labute approximate surface area is 111 Å². The summed E-state index contributed by atoms with van der Waals surface area (Å²) in [7, 11) is 1.55. The molecule has 1 aromatic rings. The molecule has 8 heteroatoms. The van der Waals surface area contributed by atoms with Crippen molar-refractivity contribution in [3.05, 3.63) is 24.3 Å². The molecule has 0 spiro atoms. The van der Waals surface area contributed by atoms with Crippen molar-refractivity contribution < 1.29 is 8.76 Å². The molecule has 1 N–H and O–H groups in total. The quantitative estimate of drug-likeness (QED) is 0.441. The zero-order chi connectivity index (χ0) is 12.4. The van der Waals surface area contributed by atoms with Crippen LogP contribution in [0.5, 0.6) is 0 Å². The lowest BCUT2D eigenvalue weighted by Crippen LogP contribution is -2.41. The third-order valence-electron chi connectivity index (χ3n) is 2.08. The number of nitrogens with zero attached hydrogens (tertiary/aromatic N) is 2. The number of nitrogens with one attached hydrogen (secondary N) is 1. The fourth-order valence-corrected chi connectivity index (χ4v) is 2.36. The third kappa shape index (κ3) is 2.65. The zero-order valence-electron chi connectivity index (χ0n) is 8.75. The highest BCUT2D eigenvalue weighted by atomic mass is 32.2. The van der Waals surface area contributed by atoms with Gasteiger partial charge in [0.2, 0.25) is 5.96 Å². The molecule has 0 saturated heterocycles. The first-order valence-electron chi connectivity index (χ1n) is 4.57. The molecule has 1 aliphatic rings. The fraction of sp³-hybridized carbons (Fsp3) is 0.111. The second-order valence-corrected chi connectivity index (χ2v) is 5.52. The summed E-state index contributed by atoms with van der Waals surface area (Å²) >= 11 is 3.71. The highest BCUT2D eigenvalue weighted by Gasteiger charge is 2.17. The van der Waals surface area contributed by atoms with E-state index in [0.717, 1.165) is 10.6 Å². The predicted octanol–water partition coefficient (Wildman–Crippen LogP) is 1.38. The normalized spacial score (nSPS) is 15.3. The Balaban J connectivity index is 2.28. The van der Waals surface area contributed by atoms with Crippen molar-refractivity contribution in [1.29, 1.82) is 0 Å². The van der Waals surface area contributed by atoms with Crippen molar-refractivity contribution in [1.82, 2.24) is 9.62 Å². The Morgan fingerprint density at radius 1 is 1.59 bits per heavy atom. The van der Waals surface area contributed by atoms with Crippen LogP contribution in [0.25, 0.3) is 0 Å². The Bertz CT molecular complexity index is 518. The third-order valence-corrected chi connectivity index (χ3v) is 4.17. The predicted molar refractivity (Wildman–Crippen MR) is 71.8 cm³/mol. The van der Waals surface area contributed by atoms with Crippen LogP contribution in [0.3, 0.4) is 0 Å². The number of para-hydroxylation sites is 1. The fourth-order valence-electron chi connectivity index (χ4n) is 1.22. The van der Waals surface area contributed by atoms with E-state index in [1.54, 1.807) is 7.05 Å². The number of guanidine groups is 1. The molecule has 0 bridgehead atoms. The van der Waals surface area contributed by atoms with Crippen molar-refractivity contribution in [3.8, 4) is 0 Å². The van der Waals surface area contributed by atoms with Gasteiger partial charge >= 0.3 is 0 Å². The molecule has 1 atom stereocenters. The first-order valence-corrected chi connectivity index (χ1v) is 6.87. The maximum atomic E-state index is 10.8. The number of aliphatic imine (C=N–C) groups is 1. The van der Waals surface area contributed by atoms with E-state index in [1.807, 2.05) is 24.3 Å². The number of fused-ring (bicyclic) bond motifs is 1. The molecule has 0 amide bonds. The van der Waals surface area contributed by atoms with Gasteiger partial charge in [-0.05, 0) is 24.1 Å². The SMILES string of the molecule is CN(C(=S)S(=O)[O-])C1=Nc2ccccc2SN1. The molecule has 1 aliphatic heterocycles. The number of thiocarbonyl (C=S) groups is 1. The maximum Gasteiger partial charge on any atom is 0.215 e. The van der Waals surface area contributed by atoms with Gasteiger partial charge in [-0.15, -0.1) is 0 Å². The Hall–Kier alpha value is -0.960. The summed E-state index contributed by atoms with van der Waals surface area (Å²) in [5.74, 6) is 0.405. The lowest BCUT2D eigenvalue weighted by atomic mass is 10.3. The molecule has 5 nitrogen and oxygen atoms in total. The lowest BCUT2D eigenvalue weighted by molar-refractivity contribution is 0.545. The molecule has 90 valence electrons. The Morgan fingerprint density at radius 2 is 2.29 bits per heavy atom. The van der Waals surface area contributed by atoms with Crippen LogP contribution in [0.1, 0.15) is 0 Å². The van der Waals surface area contributed by atoms with Crippen molar-refractivity contribution >= 4 is 51.2 Å². The van der Waals surface area contributed by atoms with Crippen LogP contribution in [-0.4, -0.2) is 31.0 Å². The molecule has 0 saturated carbocycles. The van der Waals surface area contributed by atoms with Crippen LogP contribution in [0.2, 0.25) is 0 Å². The maximum absolute atomic E-state index is 10.8. The van der Waals surface area contributed by atoms with Crippen LogP contribution in [0, 0.1) is 0 Å². The van der Waals surface area contributed by atoms with Gasteiger partial charge in [0, 0.05) is 18.1 Å². The lowest BCUT2D eigenvalue weighted by Gasteiger charge is -2.25. The second-order valence-electron chi connectivity index (χ2n) is 3.17. The summed E-state index contributed by atoms with van der Waals surface area (Å²) < 4.78 is 24.3. The van der Waals surface area contributed by atoms with Gasteiger partial charge in [0.05, 0.1) is 10.6 Å². The first-order chi connectivity index (χ1) is 8.09. The highest BCUT2D eigenvalue weighted by Crippen LogP contribution is 2.30. The molecule has 2 rings (SSSR count). The van der Waals surface area contributed by atoms with Gasteiger partial charge in [0.1, 0.15) is 0 Å². The van der Waals surface area contributed by atoms with E-state index in [9.17, 15) is 8.76 Å². The summed E-state index contributed by atoms with van der Waals surface area (Å²) in [6.45, 7) is 0. The molecule has 1 heterocycles. The van der Waals surface area contributed by atoms with Gasteiger partial charge in [-0.2, -0.15) is 0 Å². The van der Waals surface area contributed by atoms with Crippen molar-refractivity contribution in [2.45, 2.75) is 4.90 Å². The van der Waals surface area contributed by atoms with Gasteiger partial charge in [-0.1, -0.05) is 24.4 Å². The summed E-state index contributed by atoms with van der Waals surface area (Å²) in [4.78, 5) is 6.60. The zero-order valence-corrected chi connectivity index (χ0v) is 11.2. The van der Waals surface area contributed by atoms with Crippen LogP contribution >= 0.6 is 24.2 Å². The molecule has 0 radical (unpaired) electrons. The Kier molecular flexibility index (Phi) is 3.77. The highest BCUT2D eigenvalue weighted by molar-refractivity contribution is 8.09. The average Bonchev–Trinajstić information content (AvgIpc) is 2.36. The molecule has 0 aliphatic carbocycles. The van der Waals surface area contributed by atoms with E-state index in [0.29, 0.717) is 5.96 Å². The van der Waals surface area contributed by atoms with E-state index in [1.165, 1.54) is 16.8 Å². The summed E-state index contributed by atoms with van der Waals surface area (Å²) in [6, 6.07) is 7.57. The molecule has 1 aromatic carbocycles. The van der Waals surface area contributed by atoms with Gasteiger partial charge < -0.3 is 4.55 Å². The van der Waals surface area contributed by atoms with E-state index in [-0.39, 0.29) is 4.32 Å². The number of rotatable bonds is 0. The van der Waals surface area contributed by atoms with Crippen molar-refractivity contribution in [2.75, 3.05) is 7.05 Å². The number of hydrogen-bond acceptors (Lipinski definition) is 6. The summed E-state index contributed by atoms with van der Waals surface area (Å²) in [6.07, 6.45) is 0. The molecular weight excluding hydrogens is 278 g/mol. The van der Waals surface area contributed by atoms with E-state index >= 15 is 0 Å². The van der Waals surface area contributed by atoms with E-state index < -0.39 is 11.1 Å². The molecule has 17 heavy (non-hydrogen) atoms. The van der Waals surface area contributed by atoms with Gasteiger partial charge in [-0.25, -0.2) is 4.99 Å². The van der Waals surface area contributed by atoms with E-state index in [4.69, 9.17) is 12.2 Å². The van der Waals surface area contributed by atoms with Crippen LogP contribution in [-0.2, 0) is 11.1 Å². The monoisotopic (exact) mass is 286 g/mol. The topological polar surface area (TPSA) is 67.8 Å². The Morgan fingerprint density at radius 3 is 3.00 bits per heavy atom. The van der Waals surface area contributed by atoms with Crippen LogP contribution < -0.4 is 4.72 Å². The summed E-state index contributed by atoms with van der Waals surface area (Å²) in [5, 5.41) is 0. The van der Waals surface area contributed by atoms with Crippen LogP contribution in [0.4, 0.5) is 5.69 Å². The minimum Gasteiger partial charge on any atom is -0.767 e. The summed E-state index contributed by atoms with van der Waals surface area (Å²) in [5.41, 5.74) is 0.789. The molecule has 0 aromatic heterocycles. The standard InChI is InChI=1S/C9H9N3O2S3/c1-12(9(15)17(13)14)8-10-6-4-2-3-5-7(6)16-11-8/h2-5H,1H3,(H,10,11)(H,13,14)/p-1. The molecular formula is C9H8N3O2S3-. The van der Waals surface area contributed by atoms with Gasteiger partial charge in [-0.3, -0.25) is 13.8 Å². The van der Waals surface area contributed by atoms with Crippen LogP contribution in [0.15, 0.2) is 34.2 Å². The van der Waals surface area contributed by atoms with Crippen molar-refractivity contribution in [2.24, 2.45) is 4.99 Å². The molecule has 0 fully saturated rings. The van der Waals surface area contributed by atoms with Gasteiger partial charge in [0.25, 0.3) is 0 Å². The smallest absolute Gasteiger partial charge is 0.215 e. The molecule has 1 unspecified atom stereocenters. The minimum atomic E-state index is -2.42. The number of benzene rings is 1. The largest absolute Gasteiger partial charge is 0.767 e. The minimum absolute atomic E-state index is 0.198. The second kappa shape index (κ2) is 5.13. The first kappa shape index (κ1) is 12.5. The van der Waals surface area contributed by atoms with Gasteiger partial charge in [0.15, 0.2) is 4.32 Å². The number of hydrogen-bond donors (Lipinski definition) is 1. The average molecular weight is 286 g/mol. The van der Waals surface area contributed by atoms with Crippen molar-refractivity contribution in [3.63, 3.8) is 0 Å². The van der Waals surface area contributed by atoms with E-state index in [2.05, 4.69) is 9.71 Å².